The summed E-state index contributed by atoms with van der Waals surface area (Å²) >= 11 is 0. The first-order valence-corrected chi connectivity index (χ1v) is 25.7. The minimum atomic E-state index is -0.156. The van der Waals surface area contributed by atoms with Crippen LogP contribution in [0.4, 0.5) is 34.1 Å². The molecule has 0 bridgehead atoms. The largest absolute Gasteiger partial charge is 0.308 e. The van der Waals surface area contributed by atoms with Gasteiger partial charge in [0.25, 0.3) is 0 Å². The van der Waals surface area contributed by atoms with Crippen LogP contribution in [0.3, 0.4) is 0 Å². The Labute approximate surface area is 422 Å². The van der Waals surface area contributed by atoms with Gasteiger partial charge in [-0.05, 0) is 128 Å². The van der Waals surface area contributed by atoms with Crippen molar-refractivity contribution in [2.45, 2.75) is 66.2 Å². The number of hydrogen-bond donors (Lipinski definition) is 0. The molecule has 346 valence electrons. The fraction of sp³-hybridized carbons (Fsp3) is 0.143. The molecule has 2 aliphatic rings. The lowest BCUT2D eigenvalue weighted by atomic mass is 9.82. The van der Waals surface area contributed by atoms with Crippen LogP contribution in [0.15, 0.2) is 194 Å². The van der Waals surface area contributed by atoms with Gasteiger partial charge in [-0.2, -0.15) is 0 Å². The highest BCUT2D eigenvalue weighted by molar-refractivity contribution is 6.29. The minimum absolute atomic E-state index is 0.156. The average Bonchev–Trinajstić information content (AvgIpc) is 3.78. The molecule has 2 heteroatoms. The van der Waals surface area contributed by atoms with Crippen LogP contribution in [-0.2, 0) is 10.8 Å². The fourth-order valence-corrected chi connectivity index (χ4v) is 13.5. The number of hydrogen-bond acceptors (Lipinski definition) is 2. The Balaban J connectivity index is 1.10. The molecular formula is C70H56N2. The molecule has 12 aromatic rings. The number of rotatable bonds is 6. The normalized spacial score (nSPS) is 14.1. The number of benzene rings is 12. The Kier molecular flexibility index (Phi) is 8.98. The molecule has 2 nitrogen and oxygen atoms in total. The smallest absolute Gasteiger partial charge is 0.0573 e. The fourth-order valence-electron chi connectivity index (χ4n) is 13.5. The van der Waals surface area contributed by atoms with Crippen LogP contribution >= 0.6 is 0 Å². The summed E-state index contributed by atoms with van der Waals surface area (Å²) in [7, 11) is 0. The molecule has 0 saturated heterocycles. The lowest BCUT2D eigenvalue weighted by Crippen LogP contribution is -2.18. The van der Waals surface area contributed by atoms with Gasteiger partial charge in [0.1, 0.15) is 0 Å². The van der Waals surface area contributed by atoms with Gasteiger partial charge in [-0.3, -0.25) is 0 Å². The first-order valence-electron chi connectivity index (χ1n) is 25.7. The number of anilines is 6. The molecule has 0 saturated carbocycles. The molecule has 0 spiro atoms. The molecule has 12 aromatic carbocycles. The SMILES string of the molecule is Cc1ccc2c(c1N(c1c(C)ccc3ccccc13)c1ccc3ccc4c(N(c5c(C)ccc6c5-c5ccccc5C6(C)C)c5c(C)ccc6ccccc56)ccc5ccc1c3c54)-c1ccccc1C2(C)C. The molecular weight excluding hydrogens is 869 g/mol. The second-order valence-corrected chi connectivity index (χ2v) is 21.8. The third-order valence-corrected chi connectivity index (χ3v) is 17.0. The maximum Gasteiger partial charge on any atom is 0.0573 e. The molecule has 0 N–H and O–H groups in total. The van der Waals surface area contributed by atoms with Gasteiger partial charge in [-0.15, -0.1) is 0 Å². The second kappa shape index (κ2) is 15.2. The summed E-state index contributed by atoms with van der Waals surface area (Å²) < 4.78 is 0. The maximum atomic E-state index is 2.65. The predicted octanol–water partition coefficient (Wildman–Crippen LogP) is 19.7. The van der Waals surface area contributed by atoms with Crippen molar-refractivity contribution < 1.29 is 0 Å². The van der Waals surface area contributed by atoms with E-state index in [9.17, 15) is 0 Å². The molecule has 0 radical (unpaired) electrons. The molecule has 14 rings (SSSR count). The Morgan fingerprint density at radius 1 is 0.278 bits per heavy atom. The van der Waals surface area contributed by atoms with Crippen molar-refractivity contribution in [3.05, 3.63) is 239 Å². The zero-order chi connectivity index (χ0) is 48.9. The molecule has 0 aliphatic heterocycles. The number of aryl methyl sites for hydroxylation is 4. The summed E-state index contributed by atoms with van der Waals surface area (Å²) in [6.07, 6.45) is 0. The summed E-state index contributed by atoms with van der Waals surface area (Å²) in [5.41, 5.74) is 22.7. The van der Waals surface area contributed by atoms with E-state index in [1.807, 2.05) is 0 Å². The van der Waals surface area contributed by atoms with Gasteiger partial charge in [-0.1, -0.05) is 210 Å². The van der Waals surface area contributed by atoms with E-state index in [0.717, 1.165) is 0 Å². The molecule has 72 heavy (non-hydrogen) atoms. The van der Waals surface area contributed by atoms with E-state index in [1.165, 1.54) is 155 Å². The number of fused-ring (bicyclic) bond motifs is 8. The van der Waals surface area contributed by atoms with Crippen LogP contribution < -0.4 is 9.80 Å². The van der Waals surface area contributed by atoms with Crippen LogP contribution in [0.1, 0.15) is 72.2 Å². The molecule has 0 fully saturated rings. The summed E-state index contributed by atoms with van der Waals surface area (Å²) in [5.74, 6) is 0. The van der Waals surface area contributed by atoms with Gasteiger partial charge < -0.3 is 9.80 Å². The molecule has 0 amide bonds. The highest BCUT2D eigenvalue weighted by Gasteiger charge is 2.41. The molecule has 2 aliphatic carbocycles. The van der Waals surface area contributed by atoms with Gasteiger partial charge in [0.05, 0.1) is 34.1 Å². The van der Waals surface area contributed by atoms with Crippen molar-refractivity contribution >= 4 is 88.0 Å². The monoisotopic (exact) mass is 924 g/mol. The zero-order valence-electron chi connectivity index (χ0n) is 42.4. The van der Waals surface area contributed by atoms with Crippen molar-refractivity contribution in [2.24, 2.45) is 0 Å². The van der Waals surface area contributed by atoms with E-state index in [2.05, 4.69) is 259 Å². The van der Waals surface area contributed by atoms with Gasteiger partial charge in [-0.25, -0.2) is 0 Å². The predicted molar refractivity (Wildman–Crippen MR) is 309 cm³/mol. The van der Waals surface area contributed by atoms with Crippen molar-refractivity contribution in [1.82, 2.24) is 0 Å². The minimum Gasteiger partial charge on any atom is -0.308 e. The van der Waals surface area contributed by atoms with E-state index in [1.54, 1.807) is 0 Å². The Morgan fingerprint density at radius 2 is 0.625 bits per heavy atom. The van der Waals surface area contributed by atoms with Crippen molar-refractivity contribution in [2.75, 3.05) is 9.80 Å². The van der Waals surface area contributed by atoms with Gasteiger partial charge in [0, 0.05) is 43.5 Å². The zero-order valence-corrected chi connectivity index (χ0v) is 42.4. The molecule has 0 atom stereocenters. The van der Waals surface area contributed by atoms with Crippen molar-refractivity contribution in [3.63, 3.8) is 0 Å². The Morgan fingerprint density at radius 3 is 1.07 bits per heavy atom. The standard InChI is InChI=1S/C70H56N2/c1-41-25-29-45-17-9-11-19-49(45)65(41)71(67-43(3)27-37-57-63(67)51-21-13-15-23-55(51)69(57,5)6)59-39-33-47-32-36-54-60(40-34-48-31-35-53(59)61(47)62(48)54)72(66-42(2)26-30-46-18-10-12-20-50(46)66)68-44(4)28-38-58-64(68)52-22-14-16-24-56(52)70(58,7)8/h9-40H,1-8H3. The summed E-state index contributed by atoms with van der Waals surface area (Å²) in [6.45, 7) is 18.8. The molecule has 0 aromatic heterocycles. The summed E-state index contributed by atoms with van der Waals surface area (Å²) in [6, 6.07) is 73.9. The highest BCUT2D eigenvalue weighted by Crippen LogP contribution is 2.60. The van der Waals surface area contributed by atoms with Crippen LogP contribution in [0.2, 0.25) is 0 Å². The Hall–Kier alpha value is -8.20. The first-order chi connectivity index (χ1) is 34.9. The van der Waals surface area contributed by atoms with Crippen molar-refractivity contribution in [3.8, 4) is 22.3 Å². The van der Waals surface area contributed by atoms with E-state index >= 15 is 0 Å². The topological polar surface area (TPSA) is 6.48 Å². The van der Waals surface area contributed by atoms with Crippen LogP contribution in [0.5, 0.6) is 0 Å². The molecule has 0 heterocycles. The third kappa shape index (κ3) is 5.72. The van der Waals surface area contributed by atoms with E-state index < -0.39 is 0 Å². The van der Waals surface area contributed by atoms with Crippen LogP contribution in [-0.4, -0.2) is 0 Å². The molecule has 0 unspecified atom stereocenters. The number of nitrogens with zero attached hydrogens (tertiary/aromatic N) is 2. The van der Waals surface area contributed by atoms with Crippen molar-refractivity contribution in [1.29, 1.82) is 0 Å². The third-order valence-electron chi connectivity index (χ3n) is 17.0. The van der Waals surface area contributed by atoms with Gasteiger partial charge in [0.2, 0.25) is 0 Å². The van der Waals surface area contributed by atoms with E-state index in [-0.39, 0.29) is 10.8 Å². The van der Waals surface area contributed by atoms with Crippen LogP contribution in [0.25, 0.3) is 76.1 Å². The van der Waals surface area contributed by atoms with Crippen LogP contribution in [0, 0.1) is 27.7 Å². The quantitative estimate of drug-likeness (QED) is 0.153. The lowest BCUT2D eigenvalue weighted by molar-refractivity contribution is 0.660. The van der Waals surface area contributed by atoms with E-state index in [0.29, 0.717) is 0 Å². The summed E-state index contributed by atoms with van der Waals surface area (Å²) in [5, 5.41) is 12.5. The first kappa shape index (κ1) is 42.7. The highest BCUT2D eigenvalue weighted by atomic mass is 15.2. The van der Waals surface area contributed by atoms with Gasteiger partial charge in [0.15, 0.2) is 0 Å². The second-order valence-electron chi connectivity index (χ2n) is 21.8. The average molecular weight is 925 g/mol. The lowest BCUT2D eigenvalue weighted by Gasteiger charge is -2.34. The summed E-state index contributed by atoms with van der Waals surface area (Å²) in [4.78, 5) is 5.30. The van der Waals surface area contributed by atoms with Gasteiger partial charge >= 0.3 is 0 Å². The van der Waals surface area contributed by atoms with E-state index in [4.69, 9.17) is 0 Å². The Bertz CT molecular complexity index is 4000. The maximum absolute atomic E-state index is 2.65.